The first-order chi connectivity index (χ1) is 10.8. The van der Waals surface area contributed by atoms with Gasteiger partial charge in [-0.1, -0.05) is 44.2 Å². The SMILES string of the molecule is CC(C)c1ncc(C=Cc2ccccc2F)cc1OP(=O)(O)O. The fraction of sp³-hybridized carbons (Fsp3) is 0.188. The van der Waals surface area contributed by atoms with Crippen LogP contribution < -0.4 is 4.52 Å². The van der Waals surface area contributed by atoms with Gasteiger partial charge in [-0.25, -0.2) is 8.96 Å². The molecule has 0 fully saturated rings. The summed E-state index contributed by atoms with van der Waals surface area (Å²) in [6.07, 6.45) is 4.70. The third-order valence-corrected chi connectivity index (χ3v) is 3.46. The van der Waals surface area contributed by atoms with E-state index in [2.05, 4.69) is 4.98 Å². The Hall–Kier alpha value is -2.01. The van der Waals surface area contributed by atoms with Crippen LogP contribution in [0.2, 0.25) is 0 Å². The van der Waals surface area contributed by atoms with Crippen LogP contribution in [-0.4, -0.2) is 14.8 Å². The van der Waals surface area contributed by atoms with Gasteiger partial charge in [0.05, 0.1) is 5.69 Å². The summed E-state index contributed by atoms with van der Waals surface area (Å²) in [7, 11) is -4.68. The van der Waals surface area contributed by atoms with Crippen molar-refractivity contribution in [2.24, 2.45) is 0 Å². The Kier molecular flexibility index (Phi) is 5.31. The minimum atomic E-state index is -4.68. The molecule has 0 atom stereocenters. The molecule has 0 aliphatic heterocycles. The van der Waals surface area contributed by atoms with Crippen LogP contribution in [0.5, 0.6) is 5.75 Å². The number of nitrogens with zero attached hydrogens (tertiary/aromatic N) is 1. The highest BCUT2D eigenvalue weighted by atomic mass is 31.2. The van der Waals surface area contributed by atoms with Crippen LogP contribution in [0.4, 0.5) is 4.39 Å². The molecule has 122 valence electrons. The maximum atomic E-state index is 13.6. The smallest absolute Gasteiger partial charge is 0.402 e. The minimum absolute atomic E-state index is 0.0176. The van der Waals surface area contributed by atoms with Crippen molar-refractivity contribution in [2.75, 3.05) is 0 Å². The fourth-order valence-corrected chi connectivity index (χ4v) is 2.39. The van der Waals surface area contributed by atoms with E-state index in [9.17, 15) is 8.96 Å². The standard InChI is InChI=1S/C16H17FNO4P/c1-11(2)16-15(22-23(19,20)21)9-12(10-18-16)7-8-13-5-3-4-6-14(13)17/h3-11H,1-2H3,(H2,19,20,21). The predicted octanol–water partition coefficient (Wildman–Crippen LogP) is 3.99. The molecule has 7 heteroatoms. The van der Waals surface area contributed by atoms with Crippen molar-refractivity contribution in [1.29, 1.82) is 0 Å². The second-order valence-corrected chi connectivity index (χ2v) is 6.41. The lowest BCUT2D eigenvalue weighted by molar-refractivity contribution is 0.281. The Bertz CT molecular complexity index is 770. The first-order valence-corrected chi connectivity index (χ1v) is 8.47. The average Bonchev–Trinajstić information content (AvgIpc) is 2.44. The van der Waals surface area contributed by atoms with Crippen LogP contribution in [0.1, 0.15) is 36.6 Å². The van der Waals surface area contributed by atoms with Crippen molar-refractivity contribution < 1.29 is 23.3 Å². The Morgan fingerprint density at radius 1 is 1.26 bits per heavy atom. The van der Waals surface area contributed by atoms with Crippen molar-refractivity contribution >= 4 is 20.0 Å². The van der Waals surface area contributed by atoms with E-state index in [4.69, 9.17) is 14.3 Å². The summed E-state index contributed by atoms with van der Waals surface area (Å²) in [6, 6.07) is 7.75. The number of hydrogen-bond donors (Lipinski definition) is 2. The summed E-state index contributed by atoms with van der Waals surface area (Å²) in [5.41, 5.74) is 1.38. The Balaban J connectivity index is 2.35. The molecule has 23 heavy (non-hydrogen) atoms. The summed E-state index contributed by atoms with van der Waals surface area (Å²) >= 11 is 0. The number of pyridine rings is 1. The molecule has 1 aromatic carbocycles. The first kappa shape index (κ1) is 17.3. The third kappa shape index (κ3) is 4.99. The highest BCUT2D eigenvalue weighted by molar-refractivity contribution is 7.46. The Labute approximate surface area is 133 Å². The van der Waals surface area contributed by atoms with Gasteiger partial charge in [0.15, 0.2) is 5.75 Å². The van der Waals surface area contributed by atoms with Gasteiger partial charge in [-0.15, -0.1) is 0 Å². The second-order valence-electron chi connectivity index (χ2n) is 5.24. The van der Waals surface area contributed by atoms with Crippen molar-refractivity contribution in [3.8, 4) is 5.75 Å². The van der Waals surface area contributed by atoms with E-state index in [0.717, 1.165) is 0 Å². The minimum Gasteiger partial charge on any atom is -0.402 e. The van der Waals surface area contributed by atoms with Crippen molar-refractivity contribution in [1.82, 2.24) is 4.98 Å². The van der Waals surface area contributed by atoms with E-state index in [1.54, 1.807) is 36.5 Å². The van der Waals surface area contributed by atoms with Gasteiger partial charge in [-0.3, -0.25) is 14.8 Å². The summed E-state index contributed by atoms with van der Waals surface area (Å²) < 4.78 is 29.4. The monoisotopic (exact) mass is 337 g/mol. The molecule has 0 spiro atoms. The van der Waals surface area contributed by atoms with Gasteiger partial charge in [-0.05, 0) is 23.6 Å². The molecule has 1 heterocycles. The van der Waals surface area contributed by atoms with Crippen LogP contribution in [0.3, 0.4) is 0 Å². The maximum Gasteiger partial charge on any atom is 0.524 e. The molecule has 1 aromatic heterocycles. The molecule has 2 aromatic rings. The zero-order chi connectivity index (χ0) is 17.0. The Morgan fingerprint density at radius 3 is 2.57 bits per heavy atom. The molecule has 2 rings (SSSR count). The fourth-order valence-electron chi connectivity index (χ4n) is 1.99. The molecule has 5 nitrogen and oxygen atoms in total. The van der Waals surface area contributed by atoms with Gasteiger partial charge < -0.3 is 4.52 Å². The molecule has 0 amide bonds. The van der Waals surface area contributed by atoms with Gasteiger partial charge in [-0.2, -0.15) is 0 Å². The number of phosphoric ester groups is 1. The Morgan fingerprint density at radius 2 is 1.96 bits per heavy atom. The third-order valence-electron chi connectivity index (χ3n) is 3.03. The lowest BCUT2D eigenvalue weighted by atomic mass is 10.1. The van der Waals surface area contributed by atoms with Crippen LogP contribution >= 0.6 is 7.82 Å². The molecule has 0 saturated heterocycles. The molecular formula is C16H17FNO4P. The largest absolute Gasteiger partial charge is 0.524 e. The van der Waals surface area contributed by atoms with Crippen LogP contribution in [-0.2, 0) is 4.57 Å². The second kappa shape index (κ2) is 7.04. The van der Waals surface area contributed by atoms with Crippen LogP contribution in [0.25, 0.3) is 12.2 Å². The number of rotatable bonds is 5. The lowest BCUT2D eigenvalue weighted by Gasteiger charge is -2.13. The molecule has 0 radical (unpaired) electrons. The zero-order valence-corrected chi connectivity index (χ0v) is 13.6. The molecule has 0 aliphatic rings. The van der Waals surface area contributed by atoms with E-state index >= 15 is 0 Å². The van der Waals surface area contributed by atoms with E-state index in [1.807, 2.05) is 13.8 Å². The number of halogens is 1. The maximum absolute atomic E-state index is 13.6. The van der Waals surface area contributed by atoms with E-state index in [-0.39, 0.29) is 17.5 Å². The predicted molar refractivity (Wildman–Crippen MR) is 86.3 cm³/mol. The van der Waals surface area contributed by atoms with Crippen molar-refractivity contribution in [3.05, 3.63) is 59.2 Å². The molecule has 0 bridgehead atoms. The van der Waals surface area contributed by atoms with Crippen molar-refractivity contribution in [3.63, 3.8) is 0 Å². The average molecular weight is 337 g/mol. The topological polar surface area (TPSA) is 79.7 Å². The van der Waals surface area contributed by atoms with E-state index in [0.29, 0.717) is 16.8 Å². The quantitative estimate of drug-likeness (QED) is 0.807. The number of aromatic nitrogens is 1. The van der Waals surface area contributed by atoms with E-state index in [1.165, 1.54) is 12.1 Å². The highest BCUT2D eigenvalue weighted by Crippen LogP contribution is 2.40. The number of benzene rings is 1. The van der Waals surface area contributed by atoms with Gasteiger partial charge >= 0.3 is 7.82 Å². The van der Waals surface area contributed by atoms with Crippen LogP contribution in [0, 0.1) is 5.82 Å². The zero-order valence-electron chi connectivity index (χ0n) is 12.7. The van der Waals surface area contributed by atoms with Gasteiger partial charge in [0, 0.05) is 11.8 Å². The van der Waals surface area contributed by atoms with E-state index < -0.39 is 7.82 Å². The lowest BCUT2D eigenvalue weighted by Crippen LogP contribution is -2.00. The summed E-state index contributed by atoms with van der Waals surface area (Å²) in [6.45, 7) is 3.67. The summed E-state index contributed by atoms with van der Waals surface area (Å²) in [4.78, 5) is 22.2. The van der Waals surface area contributed by atoms with Gasteiger partial charge in [0.1, 0.15) is 5.82 Å². The number of hydrogen-bond acceptors (Lipinski definition) is 3. The summed E-state index contributed by atoms with van der Waals surface area (Å²) in [5, 5.41) is 0. The molecule has 0 saturated carbocycles. The number of phosphoric acid groups is 1. The first-order valence-electron chi connectivity index (χ1n) is 6.94. The molecule has 2 N–H and O–H groups in total. The normalized spacial score (nSPS) is 12.1. The van der Waals surface area contributed by atoms with Gasteiger partial charge in [0.2, 0.25) is 0 Å². The summed E-state index contributed by atoms with van der Waals surface area (Å²) in [5.74, 6) is -0.410. The molecular weight excluding hydrogens is 320 g/mol. The highest BCUT2D eigenvalue weighted by Gasteiger charge is 2.20. The van der Waals surface area contributed by atoms with Gasteiger partial charge in [0.25, 0.3) is 0 Å². The van der Waals surface area contributed by atoms with Crippen LogP contribution in [0.15, 0.2) is 36.5 Å². The van der Waals surface area contributed by atoms with Crippen molar-refractivity contribution in [2.45, 2.75) is 19.8 Å². The molecule has 0 unspecified atom stereocenters. The molecule has 0 aliphatic carbocycles.